The number of thiazole rings is 1. The van der Waals surface area contributed by atoms with Crippen LogP contribution in [0.5, 0.6) is 5.75 Å². The van der Waals surface area contributed by atoms with Crippen molar-refractivity contribution in [1.29, 1.82) is 0 Å². The van der Waals surface area contributed by atoms with Crippen molar-refractivity contribution in [2.24, 2.45) is 0 Å². The van der Waals surface area contributed by atoms with E-state index in [0.29, 0.717) is 24.0 Å². The van der Waals surface area contributed by atoms with Crippen LogP contribution in [0.25, 0.3) is 0 Å². The van der Waals surface area contributed by atoms with E-state index in [4.69, 9.17) is 9.84 Å². The maximum Gasteiger partial charge on any atom is 0.347 e. The van der Waals surface area contributed by atoms with Crippen LogP contribution >= 0.6 is 11.3 Å². The van der Waals surface area contributed by atoms with Crippen molar-refractivity contribution < 1.29 is 14.6 Å². The summed E-state index contributed by atoms with van der Waals surface area (Å²) in [7, 11) is 0. The number of nitrogens with one attached hydrogen (secondary N) is 1. The predicted octanol–water partition coefficient (Wildman–Crippen LogP) is 2.95. The highest BCUT2D eigenvalue weighted by Gasteiger charge is 2.13. The third-order valence-electron chi connectivity index (χ3n) is 2.66. The molecule has 1 heterocycles. The van der Waals surface area contributed by atoms with Crippen LogP contribution in [0.1, 0.15) is 20.9 Å². The highest BCUT2D eigenvalue weighted by atomic mass is 32.1. The van der Waals surface area contributed by atoms with Gasteiger partial charge >= 0.3 is 5.97 Å². The van der Waals surface area contributed by atoms with E-state index >= 15 is 0 Å². The third kappa shape index (κ3) is 3.71. The summed E-state index contributed by atoms with van der Waals surface area (Å²) in [6, 6.07) is 7.83. The molecule has 0 saturated carbocycles. The smallest absolute Gasteiger partial charge is 0.347 e. The van der Waals surface area contributed by atoms with Crippen molar-refractivity contribution in [1.82, 2.24) is 4.98 Å². The molecule has 0 fully saturated rings. The lowest BCUT2D eigenvalue weighted by atomic mass is 10.2. The van der Waals surface area contributed by atoms with Gasteiger partial charge in [0, 0.05) is 0 Å². The van der Waals surface area contributed by atoms with Crippen molar-refractivity contribution in [3.63, 3.8) is 0 Å². The number of benzene rings is 1. The lowest BCUT2D eigenvalue weighted by molar-refractivity contribution is 0.0701. The number of carbonyl (C=O) groups is 1. The van der Waals surface area contributed by atoms with Crippen LogP contribution in [0.2, 0.25) is 0 Å². The first-order valence-electron chi connectivity index (χ1n) is 6.20. The summed E-state index contributed by atoms with van der Waals surface area (Å²) >= 11 is 1.14. The van der Waals surface area contributed by atoms with Gasteiger partial charge in [-0.05, 0) is 26.0 Å². The first kappa shape index (κ1) is 14.3. The van der Waals surface area contributed by atoms with E-state index in [9.17, 15) is 4.79 Å². The summed E-state index contributed by atoms with van der Waals surface area (Å²) in [5.74, 6) is -0.122. The molecule has 2 aromatic rings. The van der Waals surface area contributed by atoms with Crippen LogP contribution in [0, 0.1) is 13.8 Å². The van der Waals surface area contributed by atoms with Gasteiger partial charge in [-0.25, -0.2) is 9.78 Å². The summed E-state index contributed by atoms with van der Waals surface area (Å²) in [6.07, 6.45) is 0. The zero-order chi connectivity index (χ0) is 14.5. The number of carboxylic acids is 1. The SMILES string of the molecule is Cc1ccc(OCCNc2nc(C)c(C(=O)O)s2)cc1. The van der Waals surface area contributed by atoms with Crippen molar-refractivity contribution in [2.75, 3.05) is 18.5 Å². The Bertz CT molecular complexity index is 593. The number of rotatable bonds is 6. The van der Waals surface area contributed by atoms with Gasteiger partial charge < -0.3 is 15.2 Å². The summed E-state index contributed by atoms with van der Waals surface area (Å²) in [5.41, 5.74) is 1.72. The number of anilines is 1. The second kappa shape index (κ2) is 6.38. The fraction of sp³-hybridized carbons (Fsp3) is 0.286. The van der Waals surface area contributed by atoms with E-state index in [2.05, 4.69) is 10.3 Å². The van der Waals surface area contributed by atoms with E-state index in [1.54, 1.807) is 6.92 Å². The molecule has 0 aliphatic carbocycles. The normalized spacial score (nSPS) is 10.3. The maximum atomic E-state index is 10.9. The molecule has 20 heavy (non-hydrogen) atoms. The largest absolute Gasteiger partial charge is 0.492 e. The second-order valence-electron chi connectivity index (χ2n) is 4.33. The van der Waals surface area contributed by atoms with E-state index in [-0.39, 0.29) is 4.88 Å². The predicted molar refractivity (Wildman–Crippen MR) is 79.0 cm³/mol. The number of carboxylic acid groups (broad SMARTS) is 1. The van der Waals surface area contributed by atoms with Gasteiger partial charge in [-0.15, -0.1) is 0 Å². The first-order chi connectivity index (χ1) is 9.56. The molecule has 0 amide bonds. The molecular formula is C14H16N2O3S. The number of aromatic nitrogens is 1. The minimum absolute atomic E-state index is 0.270. The monoisotopic (exact) mass is 292 g/mol. The number of ether oxygens (including phenoxy) is 1. The molecule has 2 N–H and O–H groups in total. The van der Waals surface area contributed by atoms with Crippen LogP contribution in [0.4, 0.5) is 5.13 Å². The van der Waals surface area contributed by atoms with Crippen molar-refractivity contribution in [3.05, 3.63) is 40.4 Å². The zero-order valence-corrected chi connectivity index (χ0v) is 12.2. The standard InChI is InChI=1S/C14H16N2O3S/c1-9-3-5-11(6-4-9)19-8-7-15-14-16-10(2)12(20-14)13(17)18/h3-6H,7-8H2,1-2H3,(H,15,16)(H,17,18). The average Bonchev–Trinajstić information content (AvgIpc) is 2.78. The lowest BCUT2D eigenvalue weighted by Gasteiger charge is -2.06. The first-order valence-corrected chi connectivity index (χ1v) is 7.02. The fourth-order valence-corrected chi connectivity index (χ4v) is 2.46. The number of hydrogen-bond acceptors (Lipinski definition) is 5. The molecular weight excluding hydrogens is 276 g/mol. The van der Waals surface area contributed by atoms with Crippen LogP contribution in [-0.2, 0) is 0 Å². The quantitative estimate of drug-likeness (QED) is 0.801. The molecule has 0 unspecified atom stereocenters. The van der Waals surface area contributed by atoms with Crippen molar-refractivity contribution in [3.8, 4) is 5.75 Å². The molecule has 0 bridgehead atoms. The molecule has 6 heteroatoms. The molecule has 0 saturated heterocycles. The molecule has 0 radical (unpaired) electrons. The molecule has 5 nitrogen and oxygen atoms in total. The number of nitrogens with zero attached hydrogens (tertiary/aromatic N) is 1. The van der Waals surface area contributed by atoms with Gasteiger partial charge in [-0.1, -0.05) is 29.0 Å². The van der Waals surface area contributed by atoms with Gasteiger partial charge in [0.2, 0.25) is 0 Å². The third-order valence-corrected chi connectivity index (χ3v) is 3.76. The van der Waals surface area contributed by atoms with Gasteiger partial charge in [0.1, 0.15) is 17.2 Å². The van der Waals surface area contributed by atoms with Gasteiger partial charge in [0.15, 0.2) is 5.13 Å². The topological polar surface area (TPSA) is 71.5 Å². The van der Waals surface area contributed by atoms with Gasteiger partial charge in [0.25, 0.3) is 0 Å². The van der Waals surface area contributed by atoms with E-state index in [1.165, 1.54) is 5.56 Å². The van der Waals surface area contributed by atoms with Crippen molar-refractivity contribution in [2.45, 2.75) is 13.8 Å². The Hall–Kier alpha value is -2.08. The van der Waals surface area contributed by atoms with Crippen LogP contribution in [0.15, 0.2) is 24.3 Å². The van der Waals surface area contributed by atoms with Gasteiger partial charge in [-0.2, -0.15) is 0 Å². The Morgan fingerprint density at radius 3 is 2.65 bits per heavy atom. The highest BCUT2D eigenvalue weighted by Crippen LogP contribution is 2.22. The summed E-state index contributed by atoms with van der Waals surface area (Å²) in [5, 5.41) is 12.6. The molecule has 0 aliphatic rings. The summed E-state index contributed by atoms with van der Waals surface area (Å²) in [4.78, 5) is 15.3. The average molecular weight is 292 g/mol. The Labute approximate surface area is 121 Å². The Morgan fingerprint density at radius 2 is 2.05 bits per heavy atom. The van der Waals surface area contributed by atoms with E-state index < -0.39 is 5.97 Å². The van der Waals surface area contributed by atoms with E-state index in [1.807, 2.05) is 31.2 Å². The minimum Gasteiger partial charge on any atom is -0.492 e. The number of aryl methyl sites for hydroxylation is 2. The number of aromatic carboxylic acids is 1. The molecule has 0 aliphatic heterocycles. The Balaban J connectivity index is 1.80. The minimum atomic E-state index is -0.941. The molecule has 1 aromatic heterocycles. The fourth-order valence-electron chi connectivity index (χ4n) is 1.63. The molecule has 0 atom stereocenters. The summed E-state index contributed by atoms with van der Waals surface area (Å²) in [6.45, 7) is 4.77. The molecule has 1 aromatic carbocycles. The zero-order valence-electron chi connectivity index (χ0n) is 11.3. The van der Waals surface area contributed by atoms with Gasteiger partial charge in [0.05, 0.1) is 12.2 Å². The van der Waals surface area contributed by atoms with Crippen LogP contribution in [-0.4, -0.2) is 29.2 Å². The second-order valence-corrected chi connectivity index (χ2v) is 5.33. The summed E-state index contributed by atoms with van der Waals surface area (Å²) < 4.78 is 5.57. The lowest BCUT2D eigenvalue weighted by Crippen LogP contribution is -2.11. The van der Waals surface area contributed by atoms with Crippen LogP contribution < -0.4 is 10.1 Å². The molecule has 2 rings (SSSR count). The highest BCUT2D eigenvalue weighted by molar-refractivity contribution is 7.17. The van der Waals surface area contributed by atoms with Crippen LogP contribution in [0.3, 0.4) is 0 Å². The van der Waals surface area contributed by atoms with Crippen molar-refractivity contribution >= 4 is 22.4 Å². The Kier molecular flexibility index (Phi) is 4.57. The molecule has 106 valence electrons. The number of hydrogen-bond donors (Lipinski definition) is 2. The maximum absolute atomic E-state index is 10.9. The Morgan fingerprint density at radius 1 is 1.35 bits per heavy atom. The van der Waals surface area contributed by atoms with E-state index in [0.717, 1.165) is 17.1 Å². The van der Waals surface area contributed by atoms with Gasteiger partial charge in [-0.3, -0.25) is 0 Å². The molecule has 0 spiro atoms.